The first-order chi connectivity index (χ1) is 23.2. The second kappa shape index (κ2) is 18.5. The predicted octanol–water partition coefficient (Wildman–Crippen LogP) is 8.22. The number of hydrogen-bond donors (Lipinski definition) is 0. The molecule has 1 aliphatic rings. The molecule has 4 aromatic carbocycles. The molecular weight excluding hydrogens is 588 g/mol. The normalized spacial score (nSPS) is 22.5. The minimum absolute atomic E-state index is 0.259. The summed E-state index contributed by atoms with van der Waals surface area (Å²) in [5, 5.41) is 0. The molecule has 0 radical (unpaired) electrons. The highest BCUT2D eigenvalue weighted by atomic mass is 16.7. The molecule has 0 unspecified atom stereocenters. The van der Waals surface area contributed by atoms with Gasteiger partial charge in [-0.1, -0.05) is 133 Å². The fourth-order valence-electron chi connectivity index (χ4n) is 5.78. The van der Waals surface area contributed by atoms with Crippen molar-refractivity contribution in [2.24, 2.45) is 0 Å². The fraction of sp³-hybridized carbons (Fsp3) is 0.317. The van der Waals surface area contributed by atoms with E-state index in [1.54, 1.807) is 0 Å². The number of hydrogen-bond acceptors (Lipinski definition) is 6. The third-order valence-electron chi connectivity index (χ3n) is 8.11. The van der Waals surface area contributed by atoms with Crippen molar-refractivity contribution in [1.29, 1.82) is 0 Å². The van der Waals surface area contributed by atoms with Crippen molar-refractivity contribution in [3.8, 4) is 0 Å². The van der Waals surface area contributed by atoms with Crippen LogP contribution in [0.4, 0.5) is 0 Å². The summed E-state index contributed by atoms with van der Waals surface area (Å²) < 4.78 is 40.4. The average Bonchev–Trinajstić information content (AvgIpc) is 3.12. The molecule has 0 N–H and O–H groups in total. The van der Waals surface area contributed by atoms with Gasteiger partial charge in [-0.05, 0) is 28.7 Å². The Labute approximate surface area is 279 Å². The topological polar surface area (TPSA) is 55.4 Å². The molecule has 0 amide bonds. The Morgan fingerprint density at radius 1 is 0.574 bits per heavy atom. The van der Waals surface area contributed by atoms with Crippen LogP contribution in [-0.4, -0.2) is 43.4 Å². The quantitative estimate of drug-likeness (QED) is 0.0765. The fourth-order valence-corrected chi connectivity index (χ4v) is 5.78. The molecule has 0 spiro atoms. The molecule has 0 bridgehead atoms. The highest BCUT2D eigenvalue weighted by Crippen LogP contribution is 2.40. The van der Waals surface area contributed by atoms with Gasteiger partial charge in [0.1, 0.15) is 24.4 Å². The van der Waals surface area contributed by atoms with E-state index in [4.69, 9.17) is 28.4 Å². The van der Waals surface area contributed by atoms with E-state index < -0.39 is 30.2 Å². The van der Waals surface area contributed by atoms with Gasteiger partial charge in [0.25, 0.3) is 0 Å². The van der Waals surface area contributed by atoms with Crippen molar-refractivity contribution < 1.29 is 28.4 Å². The van der Waals surface area contributed by atoms with Crippen LogP contribution in [-0.2, 0) is 54.8 Å². The molecule has 1 heterocycles. The molecule has 6 nitrogen and oxygen atoms in total. The lowest BCUT2D eigenvalue weighted by atomic mass is 9.89. The Morgan fingerprint density at radius 2 is 1.04 bits per heavy atom. The van der Waals surface area contributed by atoms with Gasteiger partial charge < -0.3 is 28.4 Å². The molecule has 246 valence electrons. The number of benzene rings is 4. The van der Waals surface area contributed by atoms with Gasteiger partial charge in [-0.2, -0.15) is 0 Å². The minimum Gasteiger partial charge on any atom is -0.374 e. The van der Waals surface area contributed by atoms with Crippen LogP contribution in [0.25, 0.3) is 0 Å². The zero-order valence-corrected chi connectivity index (χ0v) is 27.0. The van der Waals surface area contributed by atoms with Crippen LogP contribution in [0.2, 0.25) is 0 Å². The smallest absolute Gasteiger partial charge is 0.201 e. The van der Waals surface area contributed by atoms with E-state index in [1.165, 1.54) is 0 Å². The SMILES string of the molecule is C=CCCO[C@@]1(CC=C)O[C@H](COCc2ccccc2)[C@@H](OCc2ccccc2)[C@H](OCc2ccccc2)[C@H]1OCc1ccccc1. The summed E-state index contributed by atoms with van der Waals surface area (Å²) in [5.41, 5.74) is 4.19. The van der Waals surface area contributed by atoms with Crippen LogP contribution in [0.15, 0.2) is 147 Å². The lowest BCUT2D eigenvalue weighted by Crippen LogP contribution is -2.68. The number of rotatable bonds is 19. The molecule has 5 atom stereocenters. The highest BCUT2D eigenvalue weighted by molar-refractivity contribution is 5.17. The molecule has 5 rings (SSSR count). The average molecular weight is 635 g/mol. The Bertz CT molecular complexity index is 1450. The lowest BCUT2D eigenvalue weighted by molar-refractivity contribution is -0.381. The first-order valence-electron chi connectivity index (χ1n) is 16.3. The maximum Gasteiger partial charge on any atom is 0.201 e. The van der Waals surface area contributed by atoms with Crippen molar-refractivity contribution in [1.82, 2.24) is 0 Å². The van der Waals surface area contributed by atoms with Crippen LogP contribution < -0.4 is 0 Å². The summed E-state index contributed by atoms with van der Waals surface area (Å²) in [5.74, 6) is -1.21. The summed E-state index contributed by atoms with van der Waals surface area (Å²) >= 11 is 0. The second-order valence-corrected chi connectivity index (χ2v) is 11.6. The van der Waals surface area contributed by atoms with Crippen molar-refractivity contribution in [3.63, 3.8) is 0 Å². The maximum absolute atomic E-state index is 7.00. The molecule has 4 aromatic rings. The summed E-state index contributed by atoms with van der Waals surface area (Å²) in [6, 6.07) is 40.4. The van der Waals surface area contributed by atoms with Gasteiger partial charge in [0.05, 0.1) is 39.6 Å². The summed E-state index contributed by atoms with van der Waals surface area (Å²) in [4.78, 5) is 0. The van der Waals surface area contributed by atoms with Crippen molar-refractivity contribution >= 4 is 0 Å². The predicted molar refractivity (Wildman–Crippen MR) is 184 cm³/mol. The molecule has 47 heavy (non-hydrogen) atoms. The maximum atomic E-state index is 7.00. The van der Waals surface area contributed by atoms with Gasteiger partial charge in [0.2, 0.25) is 5.79 Å². The molecule has 1 fully saturated rings. The first-order valence-corrected chi connectivity index (χ1v) is 16.3. The summed E-state index contributed by atoms with van der Waals surface area (Å²) in [7, 11) is 0. The largest absolute Gasteiger partial charge is 0.374 e. The van der Waals surface area contributed by atoms with E-state index in [9.17, 15) is 0 Å². The van der Waals surface area contributed by atoms with Gasteiger partial charge in [0.15, 0.2) is 0 Å². The third-order valence-corrected chi connectivity index (χ3v) is 8.11. The Morgan fingerprint density at radius 3 is 1.53 bits per heavy atom. The third kappa shape index (κ3) is 10.1. The van der Waals surface area contributed by atoms with E-state index in [0.29, 0.717) is 45.9 Å². The van der Waals surface area contributed by atoms with Crippen LogP contribution in [0.3, 0.4) is 0 Å². The monoisotopic (exact) mass is 634 g/mol. The van der Waals surface area contributed by atoms with Crippen molar-refractivity contribution in [2.45, 2.75) is 69.5 Å². The molecule has 1 saturated heterocycles. The molecule has 0 saturated carbocycles. The van der Waals surface area contributed by atoms with Crippen LogP contribution in [0.5, 0.6) is 0 Å². The van der Waals surface area contributed by atoms with Crippen LogP contribution in [0.1, 0.15) is 35.1 Å². The van der Waals surface area contributed by atoms with Gasteiger partial charge >= 0.3 is 0 Å². The van der Waals surface area contributed by atoms with Gasteiger partial charge in [-0.3, -0.25) is 0 Å². The lowest BCUT2D eigenvalue weighted by Gasteiger charge is -2.52. The number of ether oxygens (including phenoxy) is 6. The summed E-state index contributed by atoms with van der Waals surface area (Å²) in [6.45, 7) is 10.1. The molecular formula is C41H46O6. The molecule has 1 aliphatic heterocycles. The van der Waals surface area contributed by atoms with Crippen LogP contribution in [0, 0.1) is 0 Å². The van der Waals surface area contributed by atoms with Gasteiger partial charge in [-0.15, -0.1) is 13.2 Å². The van der Waals surface area contributed by atoms with E-state index in [-0.39, 0.29) is 6.61 Å². The first kappa shape index (κ1) is 34.5. The second-order valence-electron chi connectivity index (χ2n) is 11.6. The van der Waals surface area contributed by atoms with E-state index in [2.05, 4.69) is 25.3 Å². The van der Waals surface area contributed by atoms with Crippen molar-refractivity contribution in [2.75, 3.05) is 13.2 Å². The summed E-state index contributed by atoms with van der Waals surface area (Å²) in [6.07, 6.45) is 2.33. The standard InChI is InChI=1S/C41H46O6/c1-3-5-27-46-41(26-4-2)40(45-31-36-24-16-9-17-25-36)39(44-30-35-22-14-8-15-23-35)38(43-29-34-20-12-7-13-21-34)37(47-41)32-42-28-33-18-10-6-11-19-33/h3-4,6-25,37-40H,1-2,5,26-32H2/t37-,38-,39+,40-,41+/m1/s1. The van der Waals surface area contributed by atoms with Gasteiger partial charge in [0, 0.05) is 6.42 Å². The molecule has 0 aliphatic carbocycles. The Kier molecular flexibility index (Phi) is 13.5. The van der Waals surface area contributed by atoms with Gasteiger partial charge in [-0.25, -0.2) is 0 Å². The zero-order chi connectivity index (χ0) is 32.6. The van der Waals surface area contributed by atoms with E-state index in [1.807, 2.05) is 121 Å². The Hall–Kier alpha value is -3.88. The van der Waals surface area contributed by atoms with Crippen molar-refractivity contribution in [3.05, 3.63) is 169 Å². The Balaban J connectivity index is 1.51. The van der Waals surface area contributed by atoms with E-state index >= 15 is 0 Å². The van der Waals surface area contributed by atoms with Crippen LogP contribution >= 0.6 is 0 Å². The highest BCUT2D eigenvalue weighted by Gasteiger charge is 2.57. The van der Waals surface area contributed by atoms with E-state index in [0.717, 1.165) is 22.3 Å². The zero-order valence-electron chi connectivity index (χ0n) is 27.0. The molecule has 0 aromatic heterocycles. The minimum atomic E-state index is -1.21. The molecule has 6 heteroatoms.